The minimum atomic E-state index is 0.534. The minimum Gasteiger partial charge on any atom is -0.487 e. The highest BCUT2D eigenvalue weighted by molar-refractivity contribution is 9.10. The lowest BCUT2D eigenvalue weighted by Crippen LogP contribution is -2.09. The van der Waals surface area contributed by atoms with Crippen molar-refractivity contribution in [2.24, 2.45) is 0 Å². The van der Waals surface area contributed by atoms with Gasteiger partial charge in [0.15, 0.2) is 0 Å². The van der Waals surface area contributed by atoms with Crippen LogP contribution in [0.3, 0.4) is 0 Å². The first kappa shape index (κ1) is 14.1. The fourth-order valence-electron chi connectivity index (χ4n) is 1.92. The van der Waals surface area contributed by atoms with Crippen LogP contribution in [0.5, 0.6) is 5.75 Å². The number of hydrogen-bond acceptors (Lipinski definition) is 3. The molecule has 1 aromatic heterocycles. The van der Waals surface area contributed by atoms with Gasteiger partial charge < -0.3 is 14.6 Å². The maximum atomic E-state index is 5.91. The van der Waals surface area contributed by atoms with Crippen molar-refractivity contribution in [3.8, 4) is 5.75 Å². The van der Waals surface area contributed by atoms with Gasteiger partial charge in [-0.3, -0.25) is 0 Å². The molecule has 19 heavy (non-hydrogen) atoms. The molecule has 0 aliphatic carbocycles. The van der Waals surface area contributed by atoms with Crippen LogP contribution < -0.4 is 10.1 Å². The second-order valence-corrected chi connectivity index (χ2v) is 5.16. The van der Waals surface area contributed by atoms with E-state index in [4.69, 9.17) is 4.74 Å². The molecule has 0 radical (unpaired) electrons. The van der Waals surface area contributed by atoms with E-state index >= 15 is 0 Å². The zero-order chi connectivity index (χ0) is 13.7. The van der Waals surface area contributed by atoms with Crippen molar-refractivity contribution in [3.05, 3.63) is 46.5 Å². The Labute approximate surface area is 121 Å². The normalized spacial score (nSPS) is 10.7. The van der Waals surface area contributed by atoms with Crippen LogP contribution in [-0.2, 0) is 19.7 Å². The molecule has 0 spiro atoms. The van der Waals surface area contributed by atoms with Gasteiger partial charge >= 0.3 is 0 Å². The number of hydrogen-bond donors (Lipinski definition) is 1. The van der Waals surface area contributed by atoms with E-state index < -0.39 is 0 Å². The molecule has 2 aromatic rings. The summed E-state index contributed by atoms with van der Waals surface area (Å²) in [5.74, 6) is 0.904. The molecule has 0 fully saturated rings. The van der Waals surface area contributed by atoms with Crippen molar-refractivity contribution >= 4 is 15.9 Å². The van der Waals surface area contributed by atoms with E-state index in [0.29, 0.717) is 6.61 Å². The highest BCUT2D eigenvalue weighted by Gasteiger charge is 2.06. The van der Waals surface area contributed by atoms with Crippen molar-refractivity contribution in [2.45, 2.75) is 26.6 Å². The second-order valence-electron chi connectivity index (χ2n) is 4.24. The largest absolute Gasteiger partial charge is 0.487 e. The van der Waals surface area contributed by atoms with E-state index in [-0.39, 0.29) is 0 Å². The second kappa shape index (κ2) is 6.73. The average molecular weight is 324 g/mol. The fraction of sp³-hybridized carbons (Fsp3) is 0.357. The van der Waals surface area contributed by atoms with Crippen molar-refractivity contribution < 1.29 is 4.74 Å². The lowest BCUT2D eigenvalue weighted by molar-refractivity contribution is 0.292. The van der Waals surface area contributed by atoms with Crippen molar-refractivity contribution in [1.29, 1.82) is 0 Å². The van der Waals surface area contributed by atoms with Crippen LogP contribution in [0.1, 0.15) is 18.2 Å². The quantitative estimate of drug-likeness (QED) is 0.888. The molecule has 0 bridgehead atoms. The summed E-state index contributed by atoms with van der Waals surface area (Å²) < 4.78 is 9.05. The zero-order valence-corrected chi connectivity index (χ0v) is 12.8. The number of nitrogens with one attached hydrogen (secondary N) is 1. The number of ether oxygens (including phenoxy) is 1. The number of imidazole rings is 1. The first-order chi connectivity index (χ1) is 9.24. The van der Waals surface area contributed by atoms with Crippen LogP contribution in [0, 0.1) is 0 Å². The molecule has 0 aliphatic heterocycles. The predicted molar refractivity (Wildman–Crippen MR) is 79.1 cm³/mol. The monoisotopic (exact) mass is 323 g/mol. The van der Waals surface area contributed by atoms with Gasteiger partial charge in [0.1, 0.15) is 12.4 Å². The van der Waals surface area contributed by atoms with Crippen LogP contribution in [-0.4, -0.2) is 16.6 Å². The molecule has 4 nitrogen and oxygen atoms in total. The molecular formula is C14H18BrN3O. The number of aromatic nitrogens is 2. The molecule has 1 N–H and O–H groups in total. The highest BCUT2D eigenvalue weighted by atomic mass is 79.9. The van der Waals surface area contributed by atoms with Crippen LogP contribution in [0.2, 0.25) is 0 Å². The molecule has 1 heterocycles. The lowest BCUT2D eigenvalue weighted by Gasteiger charge is -2.12. The van der Waals surface area contributed by atoms with Gasteiger partial charge in [0.05, 0.1) is 18.2 Å². The van der Waals surface area contributed by atoms with Gasteiger partial charge in [-0.05, 0) is 32.2 Å². The number of nitrogens with zero attached hydrogens (tertiary/aromatic N) is 2. The number of aryl methyl sites for hydroxylation is 1. The Bertz CT molecular complexity index is 539. The van der Waals surface area contributed by atoms with E-state index in [1.165, 1.54) is 0 Å². The molecule has 0 amide bonds. The smallest absolute Gasteiger partial charge is 0.130 e. The first-order valence-corrected chi connectivity index (χ1v) is 7.08. The van der Waals surface area contributed by atoms with Gasteiger partial charge in [0.25, 0.3) is 0 Å². The van der Waals surface area contributed by atoms with E-state index in [0.717, 1.165) is 34.6 Å². The average Bonchev–Trinajstić information content (AvgIpc) is 2.85. The fourth-order valence-corrected chi connectivity index (χ4v) is 2.33. The number of benzene rings is 1. The SMILES string of the molecule is CCn1cncc1COc1ccc(Br)cc1CNC. The standard InChI is InChI=1S/C14H18BrN3O/c1-3-18-10-17-8-13(18)9-19-14-5-4-12(15)6-11(14)7-16-2/h4-6,8,10,16H,3,7,9H2,1-2H3. The van der Waals surface area contributed by atoms with Crippen molar-refractivity contribution in [1.82, 2.24) is 14.9 Å². The number of rotatable bonds is 6. The van der Waals surface area contributed by atoms with Crippen LogP contribution in [0.4, 0.5) is 0 Å². The molecule has 0 aliphatic rings. The molecule has 2 rings (SSSR count). The van der Waals surface area contributed by atoms with Gasteiger partial charge in [-0.15, -0.1) is 0 Å². The topological polar surface area (TPSA) is 39.1 Å². The zero-order valence-electron chi connectivity index (χ0n) is 11.2. The number of halogens is 1. The summed E-state index contributed by atoms with van der Waals surface area (Å²) in [5, 5.41) is 3.15. The van der Waals surface area contributed by atoms with E-state index in [1.54, 1.807) is 0 Å². The molecule has 102 valence electrons. The Kier molecular flexibility index (Phi) is 4.99. The molecule has 0 saturated carbocycles. The summed E-state index contributed by atoms with van der Waals surface area (Å²) in [4.78, 5) is 4.14. The summed E-state index contributed by atoms with van der Waals surface area (Å²) in [6.07, 6.45) is 3.68. The third-order valence-electron chi connectivity index (χ3n) is 2.90. The van der Waals surface area contributed by atoms with Gasteiger partial charge in [-0.25, -0.2) is 4.98 Å². The molecule has 1 aromatic carbocycles. The maximum absolute atomic E-state index is 5.91. The highest BCUT2D eigenvalue weighted by Crippen LogP contribution is 2.24. The van der Waals surface area contributed by atoms with Gasteiger partial charge in [-0.1, -0.05) is 15.9 Å². The van der Waals surface area contributed by atoms with Crippen molar-refractivity contribution in [3.63, 3.8) is 0 Å². The Hall–Kier alpha value is -1.33. The molecule has 0 atom stereocenters. The van der Waals surface area contributed by atoms with Crippen LogP contribution >= 0.6 is 15.9 Å². The van der Waals surface area contributed by atoms with Crippen LogP contribution in [0.15, 0.2) is 35.2 Å². The Balaban J connectivity index is 2.10. The van der Waals surface area contributed by atoms with E-state index in [1.807, 2.05) is 31.7 Å². The summed E-state index contributed by atoms with van der Waals surface area (Å²) in [5.41, 5.74) is 2.22. The third kappa shape index (κ3) is 3.58. The molecule has 5 heteroatoms. The Morgan fingerprint density at radius 1 is 1.42 bits per heavy atom. The lowest BCUT2D eigenvalue weighted by atomic mass is 10.2. The molecule has 0 unspecified atom stereocenters. The molecule has 0 saturated heterocycles. The predicted octanol–water partition coefficient (Wildman–Crippen LogP) is 2.96. The summed E-state index contributed by atoms with van der Waals surface area (Å²) in [6.45, 7) is 4.31. The Morgan fingerprint density at radius 2 is 2.26 bits per heavy atom. The van der Waals surface area contributed by atoms with Gasteiger partial charge in [0.2, 0.25) is 0 Å². The minimum absolute atomic E-state index is 0.534. The van der Waals surface area contributed by atoms with Gasteiger partial charge in [-0.2, -0.15) is 0 Å². The summed E-state index contributed by atoms with van der Waals surface area (Å²) in [7, 11) is 1.93. The van der Waals surface area contributed by atoms with Crippen LogP contribution in [0.25, 0.3) is 0 Å². The Morgan fingerprint density at radius 3 is 3.00 bits per heavy atom. The van der Waals surface area contributed by atoms with Gasteiger partial charge in [0, 0.05) is 23.1 Å². The molecular weight excluding hydrogens is 306 g/mol. The van der Waals surface area contributed by atoms with E-state index in [9.17, 15) is 0 Å². The van der Waals surface area contributed by atoms with E-state index in [2.05, 4.69) is 43.8 Å². The first-order valence-electron chi connectivity index (χ1n) is 6.29. The third-order valence-corrected chi connectivity index (χ3v) is 3.40. The summed E-state index contributed by atoms with van der Waals surface area (Å²) in [6, 6.07) is 6.05. The van der Waals surface area contributed by atoms with Crippen molar-refractivity contribution in [2.75, 3.05) is 7.05 Å². The summed E-state index contributed by atoms with van der Waals surface area (Å²) >= 11 is 3.48. The maximum Gasteiger partial charge on any atom is 0.130 e.